The molecule has 0 spiro atoms. The molecule has 3 rings (SSSR count). The molecule has 136 valence electrons. The van der Waals surface area contributed by atoms with Crippen LogP contribution in [0.15, 0.2) is 84.9 Å². The topological polar surface area (TPSA) is 63.6 Å². The van der Waals surface area contributed by atoms with Crippen LogP contribution in [0.25, 0.3) is 0 Å². The molecular formula is C23H20O4. The fourth-order valence-corrected chi connectivity index (χ4v) is 2.87. The lowest BCUT2D eigenvalue weighted by Crippen LogP contribution is -2.44. The first-order valence-electron chi connectivity index (χ1n) is 8.63. The molecule has 0 radical (unpaired) electrons. The molecule has 1 atom stereocenters. The summed E-state index contributed by atoms with van der Waals surface area (Å²) in [5.41, 5.74) is 0.275. The molecule has 1 N–H and O–H groups in total. The third kappa shape index (κ3) is 3.81. The molecule has 0 aliphatic heterocycles. The molecule has 0 bridgehead atoms. The van der Waals surface area contributed by atoms with Gasteiger partial charge in [0.2, 0.25) is 11.4 Å². The Bertz CT molecular complexity index is 918. The number of ketones is 1. The van der Waals surface area contributed by atoms with Gasteiger partial charge in [0, 0.05) is 11.1 Å². The fraction of sp³-hybridized carbons (Fsp3) is 0.130. The van der Waals surface area contributed by atoms with Crippen LogP contribution in [0.1, 0.15) is 31.8 Å². The van der Waals surface area contributed by atoms with Crippen molar-refractivity contribution in [3.05, 3.63) is 107 Å². The molecule has 0 fully saturated rings. The minimum atomic E-state index is -1.81. The molecule has 0 aromatic heterocycles. The van der Waals surface area contributed by atoms with Crippen LogP contribution >= 0.6 is 0 Å². The lowest BCUT2D eigenvalue weighted by Gasteiger charge is -2.31. The van der Waals surface area contributed by atoms with E-state index in [4.69, 9.17) is 4.74 Å². The van der Waals surface area contributed by atoms with Crippen molar-refractivity contribution in [1.82, 2.24) is 0 Å². The highest BCUT2D eigenvalue weighted by Crippen LogP contribution is 2.31. The number of hydrogen-bond acceptors (Lipinski definition) is 4. The highest BCUT2D eigenvalue weighted by Gasteiger charge is 2.44. The molecule has 3 aromatic carbocycles. The molecule has 1 unspecified atom stereocenters. The molecule has 0 amide bonds. The van der Waals surface area contributed by atoms with Gasteiger partial charge in [-0.1, -0.05) is 78.4 Å². The summed E-state index contributed by atoms with van der Waals surface area (Å²) in [5, 5.41) is 10.2. The molecule has 0 saturated carbocycles. The summed E-state index contributed by atoms with van der Waals surface area (Å²) in [7, 11) is 0. The van der Waals surface area contributed by atoms with Crippen LogP contribution in [0, 0.1) is 6.92 Å². The Morgan fingerprint density at radius 2 is 1.37 bits per heavy atom. The average molecular weight is 360 g/mol. The Hall–Kier alpha value is -3.24. The zero-order valence-electron chi connectivity index (χ0n) is 15.0. The van der Waals surface area contributed by atoms with E-state index in [2.05, 4.69) is 0 Å². The maximum atomic E-state index is 13.3. The van der Waals surface area contributed by atoms with Crippen LogP contribution < -0.4 is 0 Å². The number of Topliss-reactive ketones (excluding diaryl/α,β-unsaturated/α-hetero) is 1. The predicted molar refractivity (Wildman–Crippen MR) is 103 cm³/mol. The number of ether oxygens (including phenoxy) is 1. The monoisotopic (exact) mass is 360 g/mol. The number of carbonyl (C=O) groups is 2. The van der Waals surface area contributed by atoms with Crippen molar-refractivity contribution < 1.29 is 19.4 Å². The highest BCUT2D eigenvalue weighted by atomic mass is 16.6. The van der Waals surface area contributed by atoms with Crippen LogP contribution in [0.2, 0.25) is 0 Å². The van der Waals surface area contributed by atoms with Crippen molar-refractivity contribution in [2.24, 2.45) is 0 Å². The summed E-state index contributed by atoms with van der Waals surface area (Å²) in [5.74, 6) is -1.14. The second-order valence-corrected chi connectivity index (χ2v) is 6.30. The first-order valence-corrected chi connectivity index (χ1v) is 8.63. The molecule has 0 heterocycles. The maximum Gasteiger partial charge on any atom is 0.339 e. The van der Waals surface area contributed by atoms with Gasteiger partial charge in [-0.25, -0.2) is 4.79 Å². The summed E-state index contributed by atoms with van der Waals surface area (Å²) in [6.45, 7) is 1.25. The summed E-state index contributed by atoms with van der Waals surface area (Å²) in [6, 6.07) is 24.0. The van der Waals surface area contributed by atoms with Crippen LogP contribution in [0.5, 0.6) is 0 Å². The Morgan fingerprint density at radius 3 is 1.93 bits per heavy atom. The van der Waals surface area contributed by atoms with Gasteiger partial charge in [0.25, 0.3) is 0 Å². The van der Waals surface area contributed by atoms with Gasteiger partial charge < -0.3 is 9.84 Å². The fourth-order valence-electron chi connectivity index (χ4n) is 2.87. The number of esters is 1. The second kappa shape index (κ2) is 7.98. The van der Waals surface area contributed by atoms with Gasteiger partial charge in [-0.2, -0.15) is 0 Å². The Balaban J connectivity index is 2.05. The first kappa shape index (κ1) is 18.5. The summed E-state index contributed by atoms with van der Waals surface area (Å²) in [4.78, 5) is 26.0. The Labute approximate surface area is 158 Å². The number of aliphatic hydroxyl groups is 1. The molecule has 4 nitrogen and oxygen atoms in total. The molecule has 27 heavy (non-hydrogen) atoms. The van der Waals surface area contributed by atoms with E-state index in [9.17, 15) is 14.7 Å². The van der Waals surface area contributed by atoms with Gasteiger partial charge >= 0.3 is 5.97 Å². The number of aliphatic hydroxyl groups excluding tert-OH is 1. The van der Waals surface area contributed by atoms with E-state index in [1.54, 1.807) is 84.9 Å². The van der Waals surface area contributed by atoms with Crippen molar-refractivity contribution in [2.75, 3.05) is 6.61 Å². The van der Waals surface area contributed by atoms with Crippen LogP contribution in [0.3, 0.4) is 0 Å². The van der Waals surface area contributed by atoms with Crippen molar-refractivity contribution in [2.45, 2.75) is 12.5 Å². The van der Waals surface area contributed by atoms with E-state index in [0.717, 1.165) is 5.56 Å². The summed E-state index contributed by atoms with van der Waals surface area (Å²) < 4.78 is 5.68. The van der Waals surface area contributed by atoms with E-state index in [1.807, 2.05) is 6.92 Å². The van der Waals surface area contributed by atoms with Crippen LogP contribution in [-0.4, -0.2) is 23.5 Å². The van der Waals surface area contributed by atoms with Gasteiger partial charge in [-0.15, -0.1) is 0 Å². The Kier molecular flexibility index (Phi) is 5.48. The number of rotatable bonds is 6. The first-order chi connectivity index (χ1) is 13.1. The van der Waals surface area contributed by atoms with E-state index in [-0.39, 0.29) is 0 Å². The molecular weight excluding hydrogens is 340 g/mol. The van der Waals surface area contributed by atoms with Crippen molar-refractivity contribution in [1.29, 1.82) is 0 Å². The zero-order valence-corrected chi connectivity index (χ0v) is 15.0. The van der Waals surface area contributed by atoms with E-state index >= 15 is 0 Å². The number of carbonyl (C=O) groups excluding carboxylic acids is 2. The third-order valence-electron chi connectivity index (χ3n) is 4.42. The third-order valence-corrected chi connectivity index (χ3v) is 4.42. The molecule has 4 heteroatoms. The summed E-state index contributed by atoms with van der Waals surface area (Å²) >= 11 is 0. The summed E-state index contributed by atoms with van der Waals surface area (Å²) in [6.07, 6.45) is 0. The van der Waals surface area contributed by atoms with Crippen molar-refractivity contribution >= 4 is 11.8 Å². The molecule has 0 aliphatic rings. The van der Waals surface area contributed by atoms with Crippen molar-refractivity contribution in [3.8, 4) is 0 Å². The van der Waals surface area contributed by atoms with Gasteiger partial charge in [-0.05, 0) is 19.1 Å². The van der Waals surface area contributed by atoms with Gasteiger partial charge in [0.15, 0.2) is 0 Å². The number of benzene rings is 3. The maximum absolute atomic E-state index is 13.3. The van der Waals surface area contributed by atoms with Gasteiger partial charge in [0.1, 0.15) is 0 Å². The molecule has 0 aliphatic carbocycles. The minimum absolute atomic E-state index is 0.315. The zero-order chi connectivity index (χ0) is 19.3. The van der Waals surface area contributed by atoms with Crippen LogP contribution in [-0.2, 0) is 10.3 Å². The van der Waals surface area contributed by atoms with Gasteiger partial charge in [0.05, 0.1) is 12.2 Å². The van der Waals surface area contributed by atoms with E-state index in [0.29, 0.717) is 16.7 Å². The largest absolute Gasteiger partial charge is 0.440 e. The molecule has 0 saturated heterocycles. The standard InChI is InChI=1S/C23H20O4/c1-17-12-14-19(15-13-17)22(26)27-23(16-24,20-10-6-3-7-11-20)21(25)18-8-4-2-5-9-18/h2-15,24H,16H2,1H3. The lowest BCUT2D eigenvalue weighted by molar-refractivity contribution is -0.0349. The van der Waals surface area contributed by atoms with Crippen LogP contribution in [0.4, 0.5) is 0 Å². The SMILES string of the molecule is Cc1ccc(C(=O)OC(CO)(C(=O)c2ccccc2)c2ccccc2)cc1. The predicted octanol–water partition coefficient (Wildman–Crippen LogP) is 3.92. The second-order valence-electron chi connectivity index (χ2n) is 6.30. The molecule has 3 aromatic rings. The lowest BCUT2D eigenvalue weighted by atomic mass is 9.86. The smallest absolute Gasteiger partial charge is 0.339 e. The van der Waals surface area contributed by atoms with E-state index in [1.165, 1.54) is 0 Å². The average Bonchev–Trinajstić information content (AvgIpc) is 2.73. The quantitative estimate of drug-likeness (QED) is 0.534. The number of hydrogen-bond donors (Lipinski definition) is 1. The minimum Gasteiger partial charge on any atom is -0.440 e. The van der Waals surface area contributed by atoms with Crippen molar-refractivity contribution in [3.63, 3.8) is 0 Å². The highest BCUT2D eigenvalue weighted by molar-refractivity contribution is 6.05. The van der Waals surface area contributed by atoms with E-state index < -0.39 is 24.0 Å². The van der Waals surface area contributed by atoms with Gasteiger partial charge in [-0.3, -0.25) is 4.79 Å². The normalized spacial score (nSPS) is 12.8. The Morgan fingerprint density at radius 1 is 0.815 bits per heavy atom. The number of aryl methyl sites for hydroxylation is 1.